The highest BCUT2D eigenvalue weighted by Crippen LogP contribution is 2.34. The molecule has 0 saturated carbocycles. The zero-order valence-corrected chi connectivity index (χ0v) is 15.7. The second kappa shape index (κ2) is 8.41. The van der Waals surface area contributed by atoms with E-state index in [1.165, 1.54) is 17.6 Å². The van der Waals surface area contributed by atoms with E-state index < -0.39 is 34.7 Å². The van der Waals surface area contributed by atoms with Gasteiger partial charge in [-0.1, -0.05) is 0 Å². The number of benzene rings is 1. The molecule has 148 valence electrons. The van der Waals surface area contributed by atoms with Crippen LogP contribution in [0.5, 0.6) is 0 Å². The van der Waals surface area contributed by atoms with Crippen molar-refractivity contribution in [1.82, 2.24) is 10.3 Å². The lowest BCUT2D eigenvalue weighted by atomic mass is 10.2. The van der Waals surface area contributed by atoms with Gasteiger partial charge >= 0.3 is 5.97 Å². The summed E-state index contributed by atoms with van der Waals surface area (Å²) in [6.45, 7) is 1.22. The van der Waals surface area contributed by atoms with E-state index in [0.717, 1.165) is 17.4 Å². The molecule has 0 radical (unpaired) electrons. The highest BCUT2D eigenvalue weighted by atomic mass is 32.2. The van der Waals surface area contributed by atoms with Gasteiger partial charge in [-0.15, -0.1) is 11.3 Å². The summed E-state index contributed by atoms with van der Waals surface area (Å²) in [6.07, 6.45) is -0.0409. The molecule has 0 fully saturated rings. The van der Waals surface area contributed by atoms with E-state index >= 15 is 0 Å². The fourth-order valence-corrected chi connectivity index (χ4v) is 3.98. The molecule has 1 unspecified atom stereocenters. The van der Waals surface area contributed by atoms with Crippen molar-refractivity contribution in [3.63, 3.8) is 0 Å². The quantitative estimate of drug-likeness (QED) is 0.564. The van der Waals surface area contributed by atoms with Crippen LogP contribution in [0.4, 0.5) is 20.8 Å². The van der Waals surface area contributed by atoms with Crippen LogP contribution in [0.15, 0.2) is 28.7 Å². The van der Waals surface area contributed by atoms with Crippen LogP contribution in [-0.2, 0) is 16.1 Å². The number of amides is 1. The SMILES string of the molecule is O=C(CC1=NCCN1)Nc1ccc(N(c2scnc2C(=O)O)S(=O)[O-])cc1F. The van der Waals surface area contributed by atoms with Crippen molar-refractivity contribution in [1.29, 1.82) is 0 Å². The first-order valence-electron chi connectivity index (χ1n) is 7.79. The zero-order valence-electron chi connectivity index (χ0n) is 14.0. The third kappa shape index (κ3) is 4.32. The summed E-state index contributed by atoms with van der Waals surface area (Å²) in [5.74, 6) is -2.28. The molecule has 13 heteroatoms. The van der Waals surface area contributed by atoms with E-state index in [4.69, 9.17) is 5.11 Å². The number of nitrogens with one attached hydrogen (secondary N) is 2. The normalized spacial score (nSPS) is 14.1. The third-order valence-corrected chi connectivity index (χ3v) is 5.23. The Labute approximate surface area is 164 Å². The smallest absolute Gasteiger partial charge is 0.357 e. The largest absolute Gasteiger partial charge is 0.755 e. The number of aliphatic imine (C=N–C) groups is 1. The lowest BCUT2D eigenvalue weighted by Crippen LogP contribution is -2.25. The molecule has 28 heavy (non-hydrogen) atoms. The first-order valence-corrected chi connectivity index (χ1v) is 9.71. The molecule has 0 aliphatic carbocycles. The van der Waals surface area contributed by atoms with Crippen molar-refractivity contribution in [2.45, 2.75) is 6.42 Å². The van der Waals surface area contributed by atoms with Gasteiger partial charge in [0.1, 0.15) is 16.7 Å². The number of anilines is 3. The average Bonchev–Trinajstić information content (AvgIpc) is 3.29. The van der Waals surface area contributed by atoms with E-state index in [9.17, 15) is 22.7 Å². The molecule has 10 nitrogen and oxygen atoms in total. The Morgan fingerprint density at radius 1 is 1.46 bits per heavy atom. The lowest BCUT2D eigenvalue weighted by molar-refractivity contribution is -0.115. The van der Waals surface area contributed by atoms with Gasteiger partial charge in [0.25, 0.3) is 0 Å². The van der Waals surface area contributed by atoms with E-state index in [1.807, 2.05) is 0 Å². The van der Waals surface area contributed by atoms with Crippen LogP contribution in [0, 0.1) is 5.82 Å². The minimum atomic E-state index is -2.93. The van der Waals surface area contributed by atoms with Gasteiger partial charge in [0, 0.05) is 12.6 Å². The number of carbonyl (C=O) groups excluding carboxylic acids is 1. The number of amidine groups is 1. The van der Waals surface area contributed by atoms with Crippen LogP contribution in [0.3, 0.4) is 0 Å². The second-order valence-electron chi connectivity index (χ2n) is 5.47. The van der Waals surface area contributed by atoms with Crippen molar-refractivity contribution in [2.24, 2.45) is 4.99 Å². The van der Waals surface area contributed by atoms with Crippen LogP contribution < -0.4 is 14.9 Å². The number of halogens is 1. The number of hydrogen-bond donors (Lipinski definition) is 3. The first kappa shape index (κ1) is 19.9. The van der Waals surface area contributed by atoms with Gasteiger partial charge in [-0.25, -0.2) is 14.2 Å². The van der Waals surface area contributed by atoms with Gasteiger partial charge in [-0.3, -0.25) is 18.3 Å². The average molecular weight is 426 g/mol. The number of carbonyl (C=O) groups is 2. The molecule has 0 spiro atoms. The minimum absolute atomic E-state index is 0.0409. The molecule has 2 heterocycles. The number of aromatic nitrogens is 1. The van der Waals surface area contributed by atoms with Crippen LogP contribution in [0.25, 0.3) is 0 Å². The van der Waals surface area contributed by atoms with Crippen molar-refractivity contribution in [3.8, 4) is 0 Å². The molecule has 1 aromatic heterocycles. The third-order valence-electron chi connectivity index (χ3n) is 3.62. The molecule has 3 rings (SSSR count). The number of carboxylic acids is 1. The first-order chi connectivity index (χ1) is 13.4. The van der Waals surface area contributed by atoms with Crippen LogP contribution in [0.1, 0.15) is 16.9 Å². The van der Waals surface area contributed by atoms with Crippen molar-refractivity contribution in [2.75, 3.05) is 22.7 Å². The summed E-state index contributed by atoms with van der Waals surface area (Å²) in [7, 11) is 0. The summed E-state index contributed by atoms with van der Waals surface area (Å²) in [5, 5.41) is 14.2. The number of carboxylic acid groups (broad SMARTS) is 1. The summed E-state index contributed by atoms with van der Waals surface area (Å²) in [6, 6.07) is 3.31. The van der Waals surface area contributed by atoms with E-state index in [0.29, 0.717) is 23.2 Å². The highest BCUT2D eigenvalue weighted by Gasteiger charge is 2.23. The molecule has 0 bridgehead atoms. The molecule has 3 N–H and O–H groups in total. The summed E-state index contributed by atoms with van der Waals surface area (Å²) in [4.78, 5) is 30.9. The van der Waals surface area contributed by atoms with Gasteiger partial charge in [-0.2, -0.15) is 0 Å². The maximum atomic E-state index is 14.4. The Bertz CT molecular complexity index is 979. The Morgan fingerprint density at radius 3 is 2.86 bits per heavy atom. The molecular formula is C15H13FN5O5S2-. The Balaban J connectivity index is 1.83. The second-order valence-corrected chi connectivity index (χ2v) is 7.10. The predicted molar refractivity (Wildman–Crippen MR) is 100 cm³/mol. The van der Waals surface area contributed by atoms with Crippen LogP contribution in [0.2, 0.25) is 0 Å². The zero-order chi connectivity index (χ0) is 20.3. The van der Waals surface area contributed by atoms with Gasteiger partial charge in [0.2, 0.25) is 5.91 Å². The molecule has 1 atom stereocenters. The topological polar surface area (TPSA) is 147 Å². The standard InChI is InChI=1S/C15H14FN5O5S2/c16-9-5-8(21(28(25)26)14-13(15(23)24)19-7-27-14)1-2-10(9)20-12(22)6-11-17-3-4-18-11/h1-2,5,7H,3-4,6H2,(H,17,18)(H,20,22)(H,23,24)(H,25,26)/p-1. The Kier molecular flexibility index (Phi) is 5.96. The molecule has 1 amide bonds. The predicted octanol–water partition coefficient (Wildman–Crippen LogP) is 1.24. The summed E-state index contributed by atoms with van der Waals surface area (Å²) in [5.41, 5.74) is 0.407. The van der Waals surface area contributed by atoms with E-state index in [-0.39, 0.29) is 22.8 Å². The Morgan fingerprint density at radius 2 is 2.25 bits per heavy atom. The maximum Gasteiger partial charge on any atom is 0.357 e. The summed E-state index contributed by atoms with van der Waals surface area (Å²) < 4.78 is 38.3. The van der Waals surface area contributed by atoms with E-state index in [2.05, 4.69) is 20.6 Å². The number of aromatic carboxylic acids is 1. The molecule has 2 aromatic rings. The van der Waals surface area contributed by atoms with Gasteiger partial charge < -0.3 is 20.3 Å². The van der Waals surface area contributed by atoms with Gasteiger partial charge in [0.15, 0.2) is 5.69 Å². The van der Waals surface area contributed by atoms with Gasteiger partial charge in [-0.05, 0) is 12.1 Å². The fourth-order valence-electron chi connectivity index (χ4n) is 2.45. The summed E-state index contributed by atoms with van der Waals surface area (Å²) >= 11 is -2.15. The molecule has 1 aliphatic rings. The number of nitrogens with zero attached hydrogens (tertiary/aromatic N) is 3. The fraction of sp³-hybridized carbons (Fsp3) is 0.200. The van der Waals surface area contributed by atoms with Gasteiger partial charge in [0.05, 0.1) is 41.1 Å². The number of rotatable bonds is 7. The van der Waals surface area contributed by atoms with Crippen molar-refractivity contribution >= 4 is 56.7 Å². The molecule has 1 aromatic carbocycles. The minimum Gasteiger partial charge on any atom is -0.755 e. The lowest BCUT2D eigenvalue weighted by Gasteiger charge is -2.25. The molecule has 0 saturated heterocycles. The van der Waals surface area contributed by atoms with Crippen LogP contribution in [-0.4, -0.2) is 49.7 Å². The molecule has 1 aliphatic heterocycles. The number of thiazole rings is 1. The highest BCUT2D eigenvalue weighted by molar-refractivity contribution is 7.81. The monoisotopic (exact) mass is 426 g/mol. The molecular weight excluding hydrogens is 413 g/mol. The van der Waals surface area contributed by atoms with Crippen molar-refractivity contribution < 1.29 is 27.8 Å². The van der Waals surface area contributed by atoms with E-state index in [1.54, 1.807) is 0 Å². The van der Waals surface area contributed by atoms with Crippen molar-refractivity contribution in [3.05, 3.63) is 35.2 Å². The number of hydrogen-bond acceptors (Lipinski definition) is 8. The van der Waals surface area contributed by atoms with Crippen LogP contribution >= 0.6 is 11.3 Å². The maximum absolute atomic E-state index is 14.4. The Hall–Kier alpha value is -2.90.